The maximum Gasteiger partial charge on any atom is 0.0628 e. The van der Waals surface area contributed by atoms with Crippen LogP contribution in [0.2, 0.25) is 0 Å². The van der Waals surface area contributed by atoms with Crippen LogP contribution in [0.5, 0.6) is 0 Å². The molecule has 0 spiro atoms. The molecule has 0 aromatic carbocycles. The van der Waals surface area contributed by atoms with Crippen molar-refractivity contribution in [1.82, 2.24) is 15.2 Å². The van der Waals surface area contributed by atoms with Gasteiger partial charge in [0.2, 0.25) is 0 Å². The minimum atomic E-state index is 0.420. The molecule has 0 aliphatic heterocycles. The van der Waals surface area contributed by atoms with Gasteiger partial charge >= 0.3 is 0 Å². The summed E-state index contributed by atoms with van der Waals surface area (Å²) >= 11 is 0. The van der Waals surface area contributed by atoms with Gasteiger partial charge in [0.05, 0.1) is 5.69 Å². The average Bonchev–Trinajstić information content (AvgIpc) is 2.49. The molecule has 4 nitrogen and oxygen atoms in total. The van der Waals surface area contributed by atoms with Crippen LogP contribution in [0.1, 0.15) is 43.1 Å². The standard InChI is InChI=1S/C12H24N4/c1-5-6-11(14-13)7-8-12-9(2)15-16(4)10(12)3/h11,14H,5-8,13H2,1-4H3. The Morgan fingerprint density at radius 3 is 2.50 bits per heavy atom. The van der Waals surface area contributed by atoms with Gasteiger partial charge in [-0.25, -0.2) is 0 Å². The second-order valence-corrected chi connectivity index (χ2v) is 4.46. The number of aryl methyl sites for hydroxylation is 2. The first-order chi connectivity index (χ1) is 7.60. The van der Waals surface area contributed by atoms with Crippen molar-refractivity contribution in [3.63, 3.8) is 0 Å². The van der Waals surface area contributed by atoms with Crippen LogP contribution >= 0.6 is 0 Å². The molecule has 1 unspecified atom stereocenters. The van der Waals surface area contributed by atoms with Gasteiger partial charge in [-0.2, -0.15) is 5.10 Å². The van der Waals surface area contributed by atoms with E-state index in [0.29, 0.717) is 6.04 Å². The molecule has 0 saturated heterocycles. The molecule has 1 rings (SSSR count). The summed E-state index contributed by atoms with van der Waals surface area (Å²) in [7, 11) is 2.00. The van der Waals surface area contributed by atoms with Gasteiger partial charge < -0.3 is 0 Å². The zero-order valence-corrected chi connectivity index (χ0v) is 10.9. The Labute approximate surface area is 98.2 Å². The molecule has 3 N–H and O–H groups in total. The molecule has 92 valence electrons. The van der Waals surface area contributed by atoms with Crippen LogP contribution < -0.4 is 11.3 Å². The number of hydrogen-bond acceptors (Lipinski definition) is 3. The number of nitrogens with two attached hydrogens (primary N) is 1. The van der Waals surface area contributed by atoms with Crippen LogP contribution in [-0.2, 0) is 13.5 Å². The summed E-state index contributed by atoms with van der Waals surface area (Å²) < 4.78 is 1.95. The smallest absolute Gasteiger partial charge is 0.0628 e. The van der Waals surface area contributed by atoms with E-state index in [0.717, 1.165) is 25.0 Å². The molecule has 0 aliphatic carbocycles. The number of nitrogens with zero attached hydrogens (tertiary/aromatic N) is 2. The summed E-state index contributed by atoms with van der Waals surface area (Å²) in [6.07, 6.45) is 4.44. The van der Waals surface area contributed by atoms with Crippen molar-refractivity contribution in [1.29, 1.82) is 0 Å². The molecule has 4 heteroatoms. The van der Waals surface area contributed by atoms with Gasteiger partial charge in [-0.15, -0.1) is 0 Å². The van der Waals surface area contributed by atoms with Crippen LogP contribution in [0, 0.1) is 13.8 Å². The van der Waals surface area contributed by atoms with Crippen molar-refractivity contribution in [3.05, 3.63) is 17.0 Å². The SMILES string of the molecule is CCCC(CCc1c(C)nn(C)c1C)NN. The lowest BCUT2D eigenvalue weighted by molar-refractivity contribution is 0.459. The lowest BCUT2D eigenvalue weighted by Gasteiger charge is -2.14. The number of rotatable bonds is 6. The first-order valence-electron chi connectivity index (χ1n) is 6.05. The fraction of sp³-hybridized carbons (Fsp3) is 0.750. The van der Waals surface area contributed by atoms with Crippen molar-refractivity contribution in [2.24, 2.45) is 12.9 Å². The lowest BCUT2D eigenvalue weighted by Crippen LogP contribution is -2.35. The molecule has 1 aromatic rings. The molecule has 0 aliphatic rings. The Kier molecular flexibility index (Phi) is 4.96. The summed E-state index contributed by atoms with van der Waals surface area (Å²) in [5.74, 6) is 5.53. The highest BCUT2D eigenvalue weighted by molar-refractivity contribution is 5.24. The van der Waals surface area contributed by atoms with Crippen molar-refractivity contribution < 1.29 is 0 Å². The Balaban J connectivity index is 2.59. The zero-order valence-electron chi connectivity index (χ0n) is 10.9. The summed E-state index contributed by atoms with van der Waals surface area (Å²) in [4.78, 5) is 0. The predicted molar refractivity (Wildman–Crippen MR) is 67.0 cm³/mol. The van der Waals surface area contributed by atoms with Crippen LogP contribution in [0.25, 0.3) is 0 Å². The van der Waals surface area contributed by atoms with Gasteiger partial charge in [-0.05, 0) is 38.7 Å². The molecule has 16 heavy (non-hydrogen) atoms. The maximum absolute atomic E-state index is 5.53. The van der Waals surface area contributed by atoms with E-state index in [9.17, 15) is 0 Å². The zero-order chi connectivity index (χ0) is 12.1. The summed E-state index contributed by atoms with van der Waals surface area (Å²) in [6.45, 7) is 6.39. The van der Waals surface area contributed by atoms with Gasteiger partial charge in [0.1, 0.15) is 0 Å². The summed E-state index contributed by atoms with van der Waals surface area (Å²) in [5.41, 5.74) is 6.68. The average molecular weight is 224 g/mol. The van der Waals surface area contributed by atoms with E-state index >= 15 is 0 Å². The van der Waals surface area contributed by atoms with Gasteiger partial charge in [0.25, 0.3) is 0 Å². The third-order valence-corrected chi connectivity index (χ3v) is 3.27. The Bertz CT molecular complexity index is 330. The summed E-state index contributed by atoms with van der Waals surface area (Å²) in [6, 6.07) is 0.420. The van der Waals surface area contributed by atoms with E-state index in [1.165, 1.54) is 17.7 Å². The Morgan fingerprint density at radius 1 is 1.38 bits per heavy atom. The second-order valence-electron chi connectivity index (χ2n) is 4.46. The number of aromatic nitrogens is 2. The molecule has 0 bridgehead atoms. The number of hydrazine groups is 1. The van der Waals surface area contributed by atoms with Crippen LogP contribution in [0.4, 0.5) is 0 Å². The maximum atomic E-state index is 5.53. The van der Waals surface area contributed by atoms with Crippen LogP contribution in [0.15, 0.2) is 0 Å². The molecule has 1 aromatic heterocycles. The first kappa shape index (κ1) is 13.2. The molecule has 0 amide bonds. The molecule has 1 atom stereocenters. The fourth-order valence-corrected chi connectivity index (χ4v) is 2.16. The van der Waals surface area contributed by atoms with Gasteiger partial charge in [-0.3, -0.25) is 16.0 Å². The monoisotopic (exact) mass is 224 g/mol. The number of nitrogens with one attached hydrogen (secondary N) is 1. The largest absolute Gasteiger partial charge is 0.272 e. The van der Waals surface area contributed by atoms with Crippen LogP contribution in [-0.4, -0.2) is 15.8 Å². The Hall–Kier alpha value is -0.870. The molecule has 0 fully saturated rings. The van der Waals surface area contributed by atoms with E-state index in [1.807, 2.05) is 11.7 Å². The van der Waals surface area contributed by atoms with Gasteiger partial charge in [-0.1, -0.05) is 13.3 Å². The third kappa shape index (κ3) is 3.06. The highest BCUT2D eigenvalue weighted by Gasteiger charge is 2.12. The molecule has 0 radical (unpaired) electrons. The minimum absolute atomic E-state index is 0.420. The molecule has 0 saturated carbocycles. The first-order valence-corrected chi connectivity index (χ1v) is 6.05. The normalized spacial score (nSPS) is 13.1. The van der Waals surface area contributed by atoms with Gasteiger partial charge in [0.15, 0.2) is 0 Å². The third-order valence-electron chi connectivity index (χ3n) is 3.27. The molecule has 1 heterocycles. The topological polar surface area (TPSA) is 55.9 Å². The van der Waals surface area contributed by atoms with Crippen molar-refractivity contribution in [2.45, 2.75) is 52.5 Å². The van der Waals surface area contributed by atoms with E-state index in [2.05, 4.69) is 31.3 Å². The van der Waals surface area contributed by atoms with Crippen molar-refractivity contribution in [2.75, 3.05) is 0 Å². The van der Waals surface area contributed by atoms with E-state index < -0.39 is 0 Å². The van der Waals surface area contributed by atoms with E-state index in [4.69, 9.17) is 5.84 Å². The number of hydrogen-bond donors (Lipinski definition) is 2. The summed E-state index contributed by atoms with van der Waals surface area (Å²) in [5, 5.41) is 4.43. The molecular weight excluding hydrogens is 200 g/mol. The highest BCUT2D eigenvalue weighted by Crippen LogP contribution is 2.15. The lowest BCUT2D eigenvalue weighted by atomic mass is 10.0. The minimum Gasteiger partial charge on any atom is -0.272 e. The van der Waals surface area contributed by atoms with Crippen molar-refractivity contribution >= 4 is 0 Å². The Morgan fingerprint density at radius 2 is 2.06 bits per heavy atom. The van der Waals surface area contributed by atoms with Gasteiger partial charge in [0, 0.05) is 18.8 Å². The van der Waals surface area contributed by atoms with Crippen LogP contribution in [0.3, 0.4) is 0 Å². The highest BCUT2D eigenvalue weighted by atomic mass is 15.3. The van der Waals surface area contributed by atoms with Crippen molar-refractivity contribution in [3.8, 4) is 0 Å². The fourth-order valence-electron chi connectivity index (χ4n) is 2.16. The van der Waals surface area contributed by atoms with E-state index in [1.54, 1.807) is 0 Å². The molecular formula is C12H24N4. The van der Waals surface area contributed by atoms with E-state index in [-0.39, 0.29) is 0 Å². The second kappa shape index (κ2) is 6.01. The predicted octanol–water partition coefficient (Wildman–Crippen LogP) is 1.60. The quantitative estimate of drug-likeness (QED) is 0.570.